The van der Waals surface area contributed by atoms with Gasteiger partial charge in [-0.25, -0.2) is 9.18 Å². The maximum Gasteiger partial charge on any atom is 0.410 e. The molecule has 0 aromatic heterocycles. The summed E-state index contributed by atoms with van der Waals surface area (Å²) in [6, 6.07) is 4.57. The monoisotopic (exact) mass is 386 g/mol. The van der Waals surface area contributed by atoms with Crippen molar-refractivity contribution in [1.82, 2.24) is 4.90 Å². The zero-order valence-electron chi connectivity index (χ0n) is 13.9. The number of nitrogens with zero attached hydrogens (tertiary/aromatic N) is 1. The van der Waals surface area contributed by atoms with Crippen molar-refractivity contribution in [2.24, 2.45) is 5.92 Å². The third-order valence-electron chi connectivity index (χ3n) is 3.68. The molecule has 128 valence electrons. The van der Waals surface area contributed by atoms with E-state index < -0.39 is 5.60 Å². The van der Waals surface area contributed by atoms with Crippen LogP contribution in [0.25, 0.3) is 0 Å². The smallest absolute Gasteiger partial charge is 0.410 e. The number of carbonyl (C=O) groups excluding carboxylic acids is 1. The zero-order chi connectivity index (χ0) is 17.0. The molecule has 1 aliphatic heterocycles. The number of ether oxygens (including phenoxy) is 1. The lowest BCUT2D eigenvalue weighted by molar-refractivity contribution is 0.0172. The molecule has 4 nitrogen and oxygen atoms in total. The zero-order valence-corrected chi connectivity index (χ0v) is 15.5. The molecule has 0 bridgehead atoms. The van der Waals surface area contributed by atoms with Gasteiger partial charge in [-0.2, -0.15) is 0 Å². The molecule has 0 radical (unpaired) electrons. The molecule has 1 aliphatic rings. The highest BCUT2D eigenvalue weighted by atomic mass is 79.9. The minimum atomic E-state index is -0.477. The van der Waals surface area contributed by atoms with Gasteiger partial charge in [-0.1, -0.05) is 0 Å². The standard InChI is InChI=1S/C17H24BrFN2O2/c1-17(2,3)23-16(22)21-8-4-5-12(11-21)10-20-15-9-13(19)6-7-14(15)18/h6-7,9,12,20H,4-5,8,10-11H2,1-3H3. The molecule has 1 aromatic carbocycles. The molecular weight excluding hydrogens is 363 g/mol. The second-order valence-electron chi connectivity index (χ2n) is 6.94. The highest BCUT2D eigenvalue weighted by Gasteiger charge is 2.27. The van der Waals surface area contributed by atoms with E-state index in [1.807, 2.05) is 20.8 Å². The number of amides is 1. The molecule has 23 heavy (non-hydrogen) atoms. The fraction of sp³-hybridized carbons (Fsp3) is 0.588. The summed E-state index contributed by atoms with van der Waals surface area (Å²) >= 11 is 3.41. The van der Waals surface area contributed by atoms with Gasteiger partial charge in [0, 0.05) is 24.1 Å². The molecule has 0 saturated carbocycles. The number of anilines is 1. The quantitative estimate of drug-likeness (QED) is 0.821. The average Bonchev–Trinajstić information content (AvgIpc) is 2.47. The Labute approximate surface area is 145 Å². The van der Waals surface area contributed by atoms with Crippen LogP contribution in [0.2, 0.25) is 0 Å². The van der Waals surface area contributed by atoms with Crippen LogP contribution in [0.15, 0.2) is 22.7 Å². The van der Waals surface area contributed by atoms with Gasteiger partial charge in [0.05, 0.1) is 5.69 Å². The summed E-state index contributed by atoms with van der Waals surface area (Å²) in [7, 11) is 0. The van der Waals surface area contributed by atoms with Crippen LogP contribution in [0.5, 0.6) is 0 Å². The number of nitrogens with one attached hydrogen (secondary N) is 1. The van der Waals surface area contributed by atoms with E-state index in [0.717, 1.165) is 29.5 Å². The molecule has 1 unspecified atom stereocenters. The summed E-state index contributed by atoms with van der Waals surface area (Å²) in [6.45, 7) is 7.70. The minimum Gasteiger partial charge on any atom is -0.444 e. The highest BCUT2D eigenvalue weighted by molar-refractivity contribution is 9.10. The van der Waals surface area contributed by atoms with Crippen LogP contribution in [-0.4, -0.2) is 36.2 Å². The van der Waals surface area contributed by atoms with Crippen molar-refractivity contribution < 1.29 is 13.9 Å². The van der Waals surface area contributed by atoms with E-state index in [0.29, 0.717) is 19.0 Å². The van der Waals surface area contributed by atoms with Gasteiger partial charge in [0.15, 0.2) is 0 Å². The Balaban J connectivity index is 1.89. The van der Waals surface area contributed by atoms with Crippen molar-refractivity contribution in [2.45, 2.75) is 39.2 Å². The number of likely N-dealkylation sites (tertiary alicyclic amines) is 1. The molecular formula is C17H24BrFN2O2. The lowest BCUT2D eigenvalue weighted by Gasteiger charge is -2.34. The minimum absolute atomic E-state index is 0.255. The summed E-state index contributed by atoms with van der Waals surface area (Å²) in [5, 5.41) is 3.27. The number of benzene rings is 1. The van der Waals surface area contributed by atoms with Gasteiger partial charge >= 0.3 is 6.09 Å². The number of rotatable bonds is 3. The number of halogens is 2. The van der Waals surface area contributed by atoms with Crippen LogP contribution in [0.1, 0.15) is 33.6 Å². The van der Waals surface area contributed by atoms with Gasteiger partial charge in [-0.15, -0.1) is 0 Å². The fourth-order valence-corrected chi connectivity index (χ4v) is 3.00. The predicted molar refractivity (Wildman–Crippen MR) is 93.1 cm³/mol. The molecule has 1 fully saturated rings. The van der Waals surface area contributed by atoms with E-state index in [4.69, 9.17) is 4.74 Å². The lowest BCUT2D eigenvalue weighted by atomic mass is 9.98. The van der Waals surface area contributed by atoms with E-state index in [9.17, 15) is 9.18 Å². The van der Waals surface area contributed by atoms with Gasteiger partial charge in [0.2, 0.25) is 0 Å². The molecule has 1 saturated heterocycles. The summed E-state index contributed by atoms with van der Waals surface area (Å²) in [4.78, 5) is 13.9. The summed E-state index contributed by atoms with van der Waals surface area (Å²) in [5.41, 5.74) is 0.258. The number of hydrogen-bond acceptors (Lipinski definition) is 3. The number of carbonyl (C=O) groups is 1. The summed E-state index contributed by atoms with van der Waals surface area (Å²) in [5.74, 6) is 0.0566. The van der Waals surface area contributed by atoms with E-state index in [1.165, 1.54) is 12.1 Å². The molecule has 1 atom stereocenters. The molecule has 0 aliphatic carbocycles. The topological polar surface area (TPSA) is 41.6 Å². The van der Waals surface area contributed by atoms with Crippen LogP contribution in [-0.2, 0) is 4.74 Å². The Morgan fingerprint density at radius 2 is 2.22 bits per heavy atom. The lowest BCUT2D eigenvalue weighted by Crippen LogP contribution is -2.44. The number of hydrogen-bond donors (Lipinski definition) is 1. The van der Waals surface area contributed by atoms with Crippen LogP contribution in [0.4, 0.5) is 14.9 Å². The molecule has 1 N–H and O–H groups in total. The Hall–Kier alpha value is -1.30. The first-order valence-corrected chi connectivity index (χ1v) is 8.71. The number of piperidine rings is 1. The van der Waals surface area contributed by atoms with Crippen LogP contribution >= 0.6 is 15.9 Å². The fourth-order valence-electron chi connectivity index (χ4n) is 2.61. The van der Waals surface area contributed by atoms with E-state index in [-0.39, 0.29) is 11.9 Å². The van der Waals surface area contributed by atoms with Crippen molar-refractivity contribution in [3.05, 3.63) is 28.5 Å². The van der Waals surface area contributed by atoms with E-state index >= 15 is 0 Å². The Morgan fingerprint density at radius 3 is 2.91 bits per heavy atom. The van der Waals surface area contributed by atoms with Gasteiger partial charge in [-0.05, 0) is 73.7 Å². The normalized spacial score (nSPS) is 18.7. The van der Waals surface area contributed by atoms with Crippen molar-refractivity contribution in [3.8, 4) is 0 Å². The van der Waals surface area contributed by atoms with Crippen LogP contribution in [0.3, 0.4) is 0 Å². The summed E-state index contributed by atoms with van der Waals surface area (Å²) in [6.07, 6.45) is 1.74. The van der Waals surface area contributed by atoms with Crippen molar-refractivity contribution in [1.29, 1.82) is 0 Å². The van der Waals surface area contributed by atoms with Crippen molar-refractivity contribution in [2.75, 3.05) is 25.0 Å². The Kier molecular flexibility index (Phi) is 5.89. The molecule has 1 aromatic rings. The maximum absolute atomic E-state index is 13.3. The molecule has 1 heterocycles. The first-order chi connectivity index (χ1) is 10.7. The highest BCUT2D eigenvalue weighted by Crippen LogP contribution is 2.25. The van der Waals surface area contributed by atoms with Crippen molar-refractivity contribution >= 4 is 27.7 Å². The average molecular weight is 387 g/mol. The molecule has 6 heteroatoms. The predicted octanol–water partition coefficient (Wildman–Crippen LogP) is 4.65. The van der Waals surface area contributed by atoms with Crippen LogP contribution in [0, 0.1) is 11.7 Å². The SMILES string of the molecule is CC(C)(C)OC(=O)N1CCCC(CNc2cc(F)ccc2Br)C1. The first-order valence-electron chi connectivity index (χ1n) is 7.91. The largest absolute Gasteiger partial charge is 0.444 e. The summed E-state index contributed by atoms with van der Waals surface area (Å²) < 4.78 is 19.6. The van der Waals surface area contributed by atoms with Crippen molar-refractivity contribution in [3.63, 3.8) is 0 Å². The third-order valence-corrected chi connectivity index (χ3v) is 4.37. The molecule has 0 spiro atoms. The maximum atomic E-state index is 13.3. The first kappa shape index (κ1) is 18.0. The molecule has 1 amide bonds. The third kappa shape index (κ3) is 5.68. The van der Waals surface area contributed by atoms with Gasteiger partial charge in [0.25, 0.3) is 0 Å². The van der Waals surface area contributed by atoms with Gasteiger partial charge in [-0.3, -0.25) is 0 Å². The van der Waals surface area contributed by atoms with Gasteiger partial charge < -0.3 is 15.0 Å². The Bertz CT molecular complexity index is 560. The van der Waals surface area contributed by atoms with Gasteiger partial charge in [0.1, 0.15) is 11.4 Å². The Morgan fingerprint density at radius 1 is 1.48 bits per heavy atom. The van der Waals surface area contributed by atoms with Crippen LogP contribution < -0.4 is 5.32 Å². The molecule has 2 rings (SSSR count). The van der Waals surface area contributed by atoms with E-state index in [2.05, 4.69) is 21.2 Å². The van der Waals surface area contributed by atoms with E-state index in [1.54, 1.807) is 11.0 Å². The second-order valence-corrected chi connectivity index (χ2v) is 7.79. The second kappa shape index (κ2) is 7.51.